The van der Waals surface area contributed by atoms with E-state index in [1.165, 1.54) is 32.3 Å². The van der Waals surface area contributed by atoms with Crippen LogP contribution in [0.1, 0.15) is 0 Å². The Hall–Kier alpha value is -6.78. The Morgan fingerprint density at radius 1 is 0.380 bits per heavy atom. The van der Waals surface area contributed by atoms with Crippen molar-refractivity contribution >= 4 is 76.1 Å². The van der Waals surface area contributed by atoms with Crippen LogP contribution in [0.3, 0.4) is 0 Å². The molecule has 0 N–H and O–H groups in total. The van der Waals surface area contributed by atoms with Crippen LogP contribution in [0.2, 0.25) is 0 Å². The first-order valence-electron chi connectivity index (χ1n) is 16.9. The molecule has 4 nitrogen and oxygen atoms in total. The third-order valence-corrected chi connectivity index (χ3v) is 10.2. The number of hydrogen-bond donors (Lipinski definition) is 0. The number of aromatic nitrogens is 3. The van der Waals surface area contributed by atoms with Gasteiger partial charge in [0, 0.05) is 32.7 Å². The van der Waals surface area contributed by atoms with Gasteiger partial charge in [-0.3, -0.25) is 4.57 Å². The molecule has 0 aliphatic carbocycles. The van der Waals surface area contributed by atoms with Crippen LogP contribution in [0.25, 0.3) is 105 Å². The molecule has 0 bridgehead atoms. The first-order chi connectivity index (χ1) is 24.8. The topological polar surface area (TPSA) is 43.9 Å². The van der Waals surface area contributed by atoms with E-state index in [4.69, 9.17) is 14.4 Å². The van der Waals surface area contributed by atoms with E-state index in [0.717, 1.165) is 66.3 Å². The smallest absolute Gasteiger partial charge is 0.235 e. The van der Waals surface area contributed by atoms with Crippen LogP contribution in [0.4, 0.5) is 0 Å². The number of hydrogen-bond acceptors (Lipinski definition) is 3. The van der Waals surface area contributed by atoms with Crippen LogP contribution in [0.15, 0.2) is 168 Å². The molecule has 11 aromatic rings. The number of para-hydroxylation sites is 1. The average molecular weight is 638 g/mol. The Balaban J connectivity index is 1.21. The summed E-state index contributed by atoms with van der Waals surface area (Å²) in [5.41, 5.74) is 7.77. The second kappa shape index (κ2) is 10.4. The first kappa shape index (κ1) is 27.2. The highest BCUT2D eigenvalue weighted by atomic mass is 16.3. The molecular weight excluding hydrogens is 611 g/mol. The molecule has 50 heavy (non-hydrogen) atoms. The van der Waals surface area contributed by atoms with Crippen LogP contribution in [-0.4, -0.2) is 14.5 Å². The monoisotopic (exact) mass is 637 g/mol. The van der Waals surface area contributed by atoms with Crippen LogP contribution in [0.5, 0.6) is 0 Å². The normalized spacial score (nSPS) is 12.0. The SMILES string of the molecule is c1ccc(-c2cc(-c3ccc4c(ccc5oc6ccccc6c54)c3)nc(-n3c4ccc5ccccc5c4c4c5ccccc5ccc43)n2)cc1. The maximum absolute atomic E-state index is 6.20. The van der Waals surface area contributed by atoms with E-state index in [9.17, 15) is 0 Å². The third-order valence-electron chi connectivity index (χ3n) is 10.2. The van der Waals surface area contributed by atoms with Crippen molar-refractivity contribution in [1.29, 1.82) is 0 Å². The van der Waals surface area contributed by atoms with Gasteiger partial charge in [0.05, 0.1) is 22.4 Å². The predicted octanol–water partition coefficient (Wildman–Crippen LogP) is 12.3. The zero-order valence-electron chi connectivity index (χ0n) is 26.8. The molecule has 8 aromatic carbocycles. The van der Waals surface area contributed by atoms with E-state index in [-0.39, 0.29) is 0 Å². The largest absolute Gasteiger partial charge is 0.456 e. The minimum atomic E-state index is 0.642. The van der Waals surface area contributed by atoms with Gasteiger partial charge in [0.15, 0.2) is 0 Å². The summed E-state index contributed by atoms with van der Waals surface area (Å²) in [5.74, 6) is 0.642. The van der Waals surface area contributed by atoms with Crippen molar-refractivity contribution in [2.75, 3.05) is 0 Å². The molecular formula is C46H27N3O. The van der Waals surface area contributed by atoms with Gasteiger partial charge < -0.3 is 4.42 Å². The second-order valence-electron chi connectivity index (χ2n) is 13.0. The minimum absolute atomic E-state index is 0.642. The molecule has 0 atom stereocenters. The van der Waals surface area contributed by atoms with E-state index in [1.54, 1.807) is 0 Å². The van der Waals surface area contributed by atoms with Crippen LogP contribution < -0.4 is 0 Å². The standard InChI is InChI=1S/C46H27N3O/c1-2-12-30(13-3-1)37-27-38(32-18-22-35-31(26-32)21-25-42-43(35)36-16-8-9-17-41(36)50-42)48-46(47-37)49-39-23-19-28-10-4-6-14-33(28)44(39)45-34-15-7-5-11-29(34)20-24-40(45)49/h1-27H. The van der Waals surface area contributed by atoms with Crippen molar-refractivity contribution in [3.05, 3.63) is 164 Å². The molecule has 0 amide bonds. The summed E-state index contributed by atoms with van der Waals surface area (Å²) in [4.78, 5) is 10.7. The lowest BCUT2D eigenvalue weighted by Crippen LogP contribution is -2.04. The number of rotatable bonds is 3. The summed E-state index contributed by atoms with van der Waals surface area (Å²) in [6.45, 7) is 0. The predicted molar refractivity (Wildman–Crippen MR) is 207 cm³/mol. The van der Waals surface area contributed by atoms with Crippen molar-refractivity contribution in [3.63, 3.8) is 0 Å². The molecule has 0 aliphatic heterocycles. The molecule has 3 aromatic heterocycles. The maximum atomic E-state index is 6.20. The van der Waals surface area contributed by atoms with Crippen LogP contribution in [0, 0.1) is 0 Å². The number of fused-ring (bicyclic) bond motifs is 12. The van der Waals surface area contributed by atoms with E-state index in [1.807, 2.05) is 18.2 Å². The zero-order chi connectivity index (χ0) is 32.8. The van der Waals surface area contributed by atoms with Crippen LogP contribution in [-0.2, 0) is 0 Å². The molecule has 0 saturated heterocycles. The molecule has 0 unspecified atom stereocenters. The van der Waals surface area contributed by atoms with Gasteiger partial charge in [0.25, 0.3) is 0 Å². The van der Waals surface area contributed by atoms with Crippen molar-refractivity contribution < 1.29 is 4.42 Å². The summed E-state index contributed by atoms with van der Waals surface area (Å²) in [6, 6.07) is 57.8. The van der Waals surface area contributed by atoms with Crippen molar-refractivity contribution in [1.82, 2.24) is 14.5 Å². The molecule has 11 rings (SSSR count). The number of nitrogens with zero attached hydrogens (tertiary/aromatic N) is 3. The maximum Gasteiger partial charge on any atom is 0.235 e. The third kappa shape index (κ3) is 3.93. The van der Waals surface area contributed by atoms with Gasteiger partial charge in [0.2, 0.25) is 5.95 Å². The fraction of sp³-hybridized carbons (Fsp3) is 0. The molecule has 3 heterocycles. The van der Waals surface area contributed by atoms with Gasteiger partial charge in [-0.2, -0.15) is 0 Å². The van der Waals surface area contributed by atoms with Gasteiger partial charge in [-0.05, 0) is 68.7 Å². The van der Waals surface area contributed by atoms with Crippen LogP contribution >= 0.6 is 0 Å². The molecule has 4 heteroatoms. The fourth-order valence-electron chi connectivity index (χ4n) is 7.92. The van der Waals surface area contributed by atoms with Crippen molar-refractivity contribution in [2.45, 2.75) is 0 Å². The highest BCUT2D eigenvalue weighted by Gasteiger charge is 2.20. The van der Waals surface area contributed by atoms with Gasteiger partial charge in [-0.1, -0.05) is 127 Å². The first-order valence-corrected chi connectivity index (χ1v) is 16.9. The lowest BCUT2D eigenvalue weighted by molar-refractivity contribution is 0.669. The lowest BCUT2D eigenvalue weighted by Gasteiger charge is -2.12. The zero-order valence-corrected chi connectivity index (χ0v) is 26.8. The quantitative estimate of drug-likeness (QED) is 0.194. The Labute approximate surface area is 286 Å². The summed E-state index contributed by atoms with van der Waals surface area (Å²) >= 11 is 0. The van der Waals surface area contributed by atoms with Crippen molar-refractivity contribution in [3.8, 4) is 28.5 Å². The van der Waals surface area contributed by atoms with Gasteiger partial charge >= 0.3 is 0 Å². The minimum Gasteiger partial charge on any atom is -0.456 e. The van der Waals surface area contributed by atoms with Gasteiger partial charge in [-0.15, -0.1) is 0 Å². The summed E-state index contributed by atoms with van der Waals surface area (Å²) in [6.07, 6.45) is 0. The molecule has 0 aliphatic rings. The highest BCUT2D eigenvalue weighted by Crippen LogP contribution is 2.41. The summed E-state index contributed by atoms with van der Waals surface area (Å²) in [5, 5.41) is 11.9. The lowest BCUT2D eigenvalue weighted by atomic mass is 10.00. The van der Waals surface area contributed by atoms with E-state index < -0.39 is 0 Å². The molecule has 232 valence electrons. The van der Waals surface area contributed by atoms with Gasteiger partial charge in [-0.25, -0.2) is 9.97 Å². The highest BCUT2D eigenvalue weighted by molar-refractivity contribution is 6.28. The Morgan fingerprint density at radius 3 is 1.68 bits per heavy atom. The number of benzene rings is 8. The second-order valence-corrected chi connectivity index (χ2v) is 13.0. The Bertz CT molecular complexity index is 3060. The molecule has 0 radical (unpaired) electrons. The number of furan rings is 1. The van der Waals surface area contributed by atoms with Crippen molar-refractivity contribution in [2.24, 2.45) is 0 Å². The molecule has 0 spiro atoms. The Morgan fingerprint density at radius 2 is 0.960 bits per heavy atom. The Kier molecular flexibility index (Phi) is 5.63. The van der Waals surface area contributed by atoms with E-state index in [2.05, 4.69) is 150 Å². The average Bonchev–Trinajstić information content (AvgIpc) is 3.74. The summed E-state index contributed by atoms with van der Waals surface area (Å²) in [7, 11) is 0. The van der Waals surface area contributed by atoms with E-state index >= 15 is 0 Å². The van der Waals surface area contributed by atoms with Gasteiger partial charge in [0.1, 0.15) is 11.2 Å². The fourth-order valence-corrected chi connectivity index (χ4v) is 7.92. The van der Waals surface area contributed by atoms with E-state index in [0.29, 0.717) is 5.95 Å². The molecule has 0 saturated carbocycles. The molecule has 0 fully saturated rings. The summed E-state index contributed by atoms with van der Waals surface area (Å²) < 4.78 is 8.45.